The van der Waals surface area contributed by atoms with Crippen molar-refractivity contribution in [3.63, 3.8) is 0 Å². The van der Waals surface area contributed by atoms with Crippen molar-refractivity contribution in [1.82, 2.24) is 4.90 Å². The maximum atomic E-state index is 13.7. The van der Waals surface area contributed by atoms with E-state index < -0.39 is 5.60 Å². The van der Waals surface area contributed by atoms with Gasteiger partial charge >= 0.3 is 0 Å². The Hall–Kier alpha value is -2.11. The molecule has 0 aromatic heterocycles. The second-order valence-electron chi connectivity index (χ2n) is 8.36. The molecule has 3 atom stereocenters. The summed E-state index contributed by atoms with van der Waals surface area (Å²) in [6, 6.07) is 13.0. The lowest BCUT2D eigenvalue weighted by Crippen LogP contribution is -2.54. The number of hydrogen-bond acceptors (Lipinski definition) is 4. The average Bonchev–Trinajstić information content (AvgIpc) is 3.16. The van der Waals surface area contributed by atoms with E-state index >= 15 is 0 Å². The van der Waals surface area contributed by atoms with Gasteiger partial charge in [-0.1, -0.05) is 31.0 Å². The molecule has 2 aliphatic heterocycles. The minimum Gasteiger partial charge on any atom is -0.454 e. The molecule has 2 heterocycles. The van der Waals surface area contributed by atoms with Gasteiger partial charge < -0.3 is 14.6 Å². The normalized spacial score (nSPS) is 29.5. The fourth-order valence-electron chi connectivity index (χ4n) is 5.33. The molecule has 28 heavy (non-hydrogen) atoms. The molecule has 2 aromatic carbocycles. The summed E-state index contributed by atoms with van der Waals surface area (Å²) in [5.41, 5.74) is 1.50. The highest BCUT2D eigenvalue weighted by Gasteiger charge is 2.49. The third-order valence-corrected chi connectivity index (χ3v) is 6.68. The van der Waals surface area contributed by atoms with Crippen LogP contribution >= 0.6 is 0 Å². The first-order chi connectivity index (χ1) is 13.6. The summed E-state index contributed by atoms with van der Waals surface area (Å²) in [7, 11) is 0. The topological polar surface area (TPSA) is 41.9 Å². The van der Waals surface area contributed by atoms with Crippen LogP contribution in [0.4, 0.5) is 4.39 Å². The lowest BCUT2D eigenvalue weighted by atomic mass is 9.66. The molecule has 2 aromatic rings. The minimum atomic E-state index is -0.613. The highest BCUT2D eigenvalue weighted by molar-refractivity contribution is 5.45. The third kappa shape index (κ3) is 3.16. The molecule has 0 amide bonds. The van der Waals surface area contributed by atoms with Crippen molar-refractivity contribution in [1.29, 1.82) is 0 Å². The maximum Gasteiger partial charge on any atom is 0.231 e. The van der Waals surface area contributed by atoms with Gasteiger partial charge in [0.05, 0.1) is 5.60 Å². The van der Waals surface area contributed by atoms with Crippen molar-refractivity contribution in [2.45, 2.75) is 50.3 Å². The molecule has 148 valence electrons. The summed E-state index contributed by atoms with van der Waals surface area (Å²) in [5.74, 6) is 1.51. The van der Waals surface area contributed by atoms with Crippen LogP contribution in [0.25, 0.3) is 0 Å². The Morgan fingerprint density at radius 3 is 2.86 bits per heavy atom. The maximum absolute atomic E-state index is 13.7. The first kappa shape index (κ1) is 18.0. The lowest BCUT2D eigenvalue weighted by Gasteiger charge is -2.52. The van der Waals surface area contributed by atoms with Crippen molar-refractivity contribution in [3.8, 4) is 11.5 Å². The molecule has 0 bridgehead atoms. The van der Waals surface area contributed by atoms with E-state index in [0.29, 0.717) is 6.54 Å². The number of fused-ring (bicyclic) bond motifs is 2. The number of ether oxygens (including phenoxy) is 2. The largest absolute Gasteiger partial charge is 0.454 e. The van der Waals surface area contributed by atoms with Crippen LogP contribution in [0.2, 0.25) is 0 Å². The standard InChI is InChI=1S/C23H26FNO3/c24-18-5-3-4-16(12-18)14-25-11-10-23(26)9-2-1-6-19(23)22(25)17-7-8-20-21(13-17)28-15-27-20/h3-5,7-8,12-13,19,22,26H,1-2,6,9-11,14-15H2/t19-,22+,23+/m0/s1. The van der Waals surface area contributed by atoms with Gasteiger partial charge in [-0.3, -0.25) is 4.90 Å². The first-order valence-corrected chi connectivity index (χ1v) is 10.2. The summed E-state index contributed by atoms with van der Waals surface area (Å²) < 4.78 is 24.8. The fraction of sp³-hybridized carbons (Fsp3) is 0.478. The third-order valence-electron chi connectivity index (χ3n) is 6.68. The summed E-state index contributed by atoms with van der Waals surface area (Å²) in [5, 5.41) is 11.4. The van der Waals surface area contributed by atoms with Crippen molar-refractivity contribution >= 4 is 0 Å². The van der Waals surface area contributed by atoms with E-state index in [0.717, 1.165) is 61.3 Å². The Morgan fingerprint density at radius 1 is 1.07 bits per heavy atom. The monoisotopic (exact) mass is 383 g/mol. The number of rotatable bonds is 3. The van der Waals surface area contributed by atoms with Gasteiger partial charge in [0.15, 0.2) is 11.5 Å². The van der Waals surface area contributed by atoms with Crippen LogP contribution in [0.5, 0.6) is 11.5 Å². The minimum absolute atomic E-state index is 0.0804. The Labute approximate surface area is 164 Å². The number of halogens is 1. The Balaban J connectivity index is 1.51. The molecule has 5 rings (SSSR count). The van der Waals surface area contributed by atoms with Crippen molar-refractivity contribution < 1.29 is 19.0 Å². The Bertz CT molecular complexity index is 873. The van der Waals surface area contributed by atoms with Gasteiger partial charge in [-0.15, -0.1) is 0 Å². The second-order valence-corrected chi connectivity index (χ2v) is 8.36. The van der Waals surface area contributed by atoms with Gasteiger partial charge in [-0.25, -0.2) is 4.39 Å². The van der Waals surface area contributed by atoms with Gasteiger partial charge in [0.2, 0.25) is 6.79 Å². The number of likely N-dealkylation sites (tertiary alicyclic amines) is 1. The number of aliphatic hydroxyl groups is 1. The van der Waals surface area contributed by atoms with Crippen molar-refractivity contribution in [2.75, 3.05) is 13.3 Å². The molecule has 2 fully saturated rings. The van der Waals surface area contributed by atoms with E-state index in [1.165, 1.54) is 6.07 Å². The highest BCUT2D eigenvalue weighted by atomic mass is 19.1. The van der Waals surface area contributed by atoms with Gasteiger partial charge in [-0.05, 0) is 54.7 Å². The summed E-state index contributed by atoms with van der Waals surface area (Å²) in [6.07, 6.45) is 4.88. The molecule has 1 saturated carbocycles. The highest BCUT2D eigenvalue weighted by Crippen LogP contribution is 2.50. The number of benzene rings is 2. The van der Waals surface area contributed by atoms with E-state index in [-0.39, 0.29) is 24.6 Å². The molecule has 1 N–H and O–H groups in total. The summed E-state index contributed by atoms with van der Waals surface area (Å²) in [6.45, 7) is 1.72. The molecule has 1 aliphatic carbocycles. The van der Waals surface area contributed by atoms with Crippen LogP contribution in [0, 0.1) is 11.7 Å². The first-order valence-electron chi connectivity index (χ1n) is 10.2. The van der Waals surface area contributed by atoms with Crippen LogP contribution in [0.15, 0.2) is 42.5 Å². The van der Waals surface area contributed by atoms with E-state index in [9.17, 15) is 9.50 Å². The molecule has 3 aliphatic rings. The zero-order valence-electron chi connectivity index (χ0n) is 15.9. The summed E-state index contributed by atoms with van der Waals surface area (Å²) >= 11 is 0. The molecule has 4 nitrogen and oxygen atoms in total. The Morgan fingerprint density at radius 2 is 1.96 bits per heavy atom. The van der Waals surface area contributed by atoms with Crippen LogP contribution in [0.3, 0.4) is 0 Å². The van der Waals surface area contributed by atoms with Gasteiger partial charge in [0.1, 0.15) is 5.82 Å². The van der Waals surface area contributed by atoms with Crippen LogP contribution < -0.4 is 9.47 Å². The molecular formula is C23H26FNO3. The van der Waals surface area contributed by atoms with E-state index in [1.54, 1.807) is 12.1 Å². The van der Waals surface area contributed by atoms with Crippen LogP contribution in [0.1, 0.15) is 49.3 Å². The zero-order valence-corrected chi connectivity index (χ0v) is 15.9. The molecule has 0 unspecified atom stereocenters. The smallest absolute Gasteiger partial charge is 0.231 e. The van der Waals surface area contributed by atoms with E-state index in [2.05, 4.69) is 17.0 Å². The second kappa shape index (κ2) is 7.05. The summed E-state index contributed by atoms with van der Waals surface area (Å²) in [4.78, 5) is 2.40. The number of piperidine rings is 1. The number of hydrogen-bond donors (Lipinski definition) is 1. The Kier molecular flexibility index (Phi) is 4.52. The predicted octanol–water partition coefficient (Wildman–Crippen LogP) is 4.42. The van der Waals surface area contributed by atoms with Crippen molar-refractivity contribution in [3.05, 3.63) is 59.4 Å². The fourth-order valence-corrected chi connectivity index (χ4v) is 5.33. The molecule has 0 radical (unpaired) electrons. The van der Waals surface area contributed by atoms with Gasteiger partial charge in [0.25, 0.3) is 0 Å². The predicted molar refractivity (Wildman–Crippen MR) is 104 cm³/mol. The van der Waals surface area contributed by atoms with E-state index in [1.807, 2.05) is 12.1 Å². The SMILES string of the molecule is O[C@@]12CCCC[C@H]1[C@@H](c1ccc3c(c1)OCO3)N(Cc1cccc(F)c1)CC2. The molecular weight excluding hydrogens is 357 g/mol. The van der Waals surface area contributed by atoms with Gasteiger partial charge in [-0.2, -0.15) is 0 Å². The van der Waals surface area contributed by atoms with Gasteiger partial charge in [0, 0.05) is 25.0 Å². The van der Waals surface area contributed by atoms with Crippen molar-refractivity contribution in [2.24, 2.45) is 5.92 Å². The number of nitrogens with zero attached hydrogens (tertiary/aromatic N) is 1. The zero-order chi connectivity index (χ0) is 19.1. The van der Waals surface area contributed by atoms with E-state index in [4.69, 9.17) is 9.47 Å². The molecule has 5 heteroatoms. The average molecular weight is 383 g/mol. The van der Waals surface area contributed by atoms with Crippen LogP contribution in [-0.2, 0) is 6.54 Å². The quantitative estimate of drug-likeness (QED) is 0.852. The van der Waals surface area contributed by atoms with Crippen LogP contribution in [-0.4, -0.2) is 28.9 Å². The molecule has 0 spiro atoms. The lowest BCUT2D eigenvalue weighted by molar-refractivity contribution is -0.126. The molecule has 1 saturated heterocycles.